The van der Waals surface area contributed by atoms with Crippen LogP contribution in [0.1, 0.15) is 71.8 Å². The van der Waals surface area contributed by atoms with Crippen LogP contribution in [0, 0.1) is 0 Å². The van der Waals surface area contributed by atoms with Gasteiger partial charge in [0.1, 0.15) is 17.1 Å². The monoisotopic (exact) mass is 529 g/mol. The summed E-state index contributed by atoms with van der Waals surface area (Å²) >= 11 is 1.78. The van der Waals surface area contributed by atoms with E-state index in [0.717, 1.165) is 30.9 Å². The van der Waals surface area contributed by atoms with Crippen molar-refractivity contribution in [3.63, 3.8) is 0 Å². The molecule has 4 rings (SSSR count). The molecule has 3 heterocycles. The summed E-state index contributed by atoms with van der Waals surface area (Å²) in [5.74, 6) is 1.47. The second-order valence-electron chi connectivity index (χ2n) is 11.0. The quantitative estimate of drug-likeness (QED) is 0.519. The van der Waals surface area contributed by atoms with Gasteiger partial charge in [-0.05, 0) is 49.9 Å². The van der Waals surface area contributed by atoms with Gasteiger partial charge in [-0.3, -0.25) is 9.69 Å². The van der Waals surface area contributed by atoms with Gasteiger partial charge in [0.2, 0.25) is 0 Å². The van der Waals surface area contributed by atoms with Crippen molar-refractivity contribution in [2.75, 3.05) is 40.4 Å². The highest BCUT2D eigenvalue weighted by molar-refractivity contribution is 7.12. The standard InChI is InChI=1S/C28H39N3O5S/c1-18(2)21-13-22(24(35-7)14-23(21)34-6)26(32)31-15-19-12-20(37-25(19)17-31)16-29-8-10-30(11-9-29)27(33)36-28(3,4)5/h12-14,18H,8-11,15-17H2,1-7H3. The third-order valence-electron chi connectivity index (χ3n) is 6.74. The Morgan fingerprint density at radius 3 is 2.19 bits per heavy atom. The summed E-state index contributed by atoms with van der Waals surface area (Å²) in [6.07, 6.45) is -0.235. The van der Waals surface area contributed by atoms with E-state index in [1.165, 1.54) is 15.3 Å². The SMILES string of the molecule is COc1cc(OC)c(C(C)C)cc1C(=O)N1Cc2cc(CN3CCN(C(=O)OC(C)(C)C)CC3)sc2C1. The number of rotatable bonds is 6. The van der Waals surface area contributed by atoms with Gasteiger partial charge in [0.05, 0.1) is 26.3 Å². The average molecular weight is 530 g/mol. The molecule has 0 unspecified atom stereocenters. The lowest BCUT2D eigenvalue weighted by molar-refractivity contribution is 0.0139. The number of ether oxygens (including phenoxy) is 3. The number of methoxy groups -OCH3 is 2. The van der Waals surface area contributed by atoms with Crippen molar-refractivity contribution in [2.24, 2.45) is 0 Å². The van der Waals surface area contributed by atoms with Crippen LogP contribution in [0.4, 0.5) is 4.79 Å². The summed E-state index contributed by atoms with van der Waals surface area (Å²) in [4.78, 5) is 34.4. The lowest BCUT2D eigenvalue weighted by Gasteiger charge is -2.35. The molecule has 202 valence electrons. The van der Waals surface area contributed by atoms with E-state index in [2.05, 4.69) is 24.8 Å². The molecule has 0 aliphatic carbocycles. The molecule has 0 bridgehead atoms. The predicted molar refractivity (Wildman–Crippen MR) is 145 cm³/mol. The molecular formula is C28H39N3O5S. The molecule has 1 fully saturated rings. The van der Waals surface area contributed by atoms with Crippen LogP contribution in [0.2, 0.25) is 0 Å². The summed E-state index contributed by atoms with van der Waals surface area (Å²) in [5.41, 5.74) is 2.31. The summed E-state index contributed by atoms with van der Waals surface area (Å²) in [6.45, 7) is 14.9. The number of carbonyl (C=O) groups is 2. The average Bonchev–Trinajstić information content (AvgIpc) is 3.40. The number of hydrogen-bond acceptors (Lipinski definition) is 7. The van der Waals surface area contributed by atoms with Crippen molar-refractivity contribution < 1.29 is 23.8 Å². The van der Waals surface area contributed by atoms with Crippen molar-refractivity contribution in [2.45, 2.75) is 65.8 Å². The molecule has 0 saturated carbocycles. The van der Waals surface area contributed by atoms with Gasteiger partial charge in [-0.1, -0.05) is 13.8 Å². The van der Waals surface area contributed by atoms with Gasteiger partial charge in [-0.2, -0.15) is 0 Å². The zero-order valence-corrected chi connectivity index (χ0v) is 23.9. The molecule has 0 spiro atoms. The molecule has 1 aromatic carbocycles. The third kappa shape index (κ3) is 6.21. The van der Waals surface area contributed by atoms with Crippen LogP contribution in [0.15, 0.2) is 18.2 Å². The normalized spacial score (nSPS) is 16.2. The van der Waals surface area contributed by atoms with E-state index in [-0.39, 0.29) is 17.9 Å². The number of carbonyl (C=O) groups excluding carboxylic acids is 2. The lowest BCUT2D eigenvalue weighted by Crippen LogP contribution is -2.49. The second-order valence-corrected chi connectivity index (χ2v) is 12.2. The van der Waals surface area contributed by atoms with Crippen LogP contribution in [0.5, 0.6) is 11.5 Å². The van der Waals surface area contributed by atoms with E-state index in [1.807, 2.05) is 37.8 Å². The number of benzene rings is 1. The Kier molecular flexibility index (Phi) is 8.04. The summed E-state index contributed by atoms with van der Waals surface area (Å²) in [7, 11) is 3.22. The maximum Gasteiger partial charge on any atom is 0.410 e. The number of nitrogens with zero attached hydrogens (tertiary/aromatic N) is 3. The third-order valence-corrected chi connectivity index (χ3v) is 7.89. The minimum atomic E-state index is -0.476. The number of fused-ring (bicyclic) bond motifs is 1. The van der Waals surface area contributed by atoms with Crippen LogP contribution in [0.3, 0.4) is 0 Å². The molecule has 1 saturated heterocycles. The Balaban J connectivity index is 1.36. The molecule has 2 aromatic rings. The Morgan fingerprint density at radius 1 is 0.946 bits per heavy atom. The number of amides is 2. The highest BCUT2D eigenvalue weighted by Gasteiger charge is 2.30. The van der Waals surface area contributed by atoms with E-state index in [1.54, 1.807) is 30.5 Å². The minimum absolute atomic E-state index is 0.0235. The van der Waals surface area contributed by atoms with E-state index >= 15 is 0 Å². The lowest BCUT2D eigenvalue weighted by atomic mass is 9.98. The first-order chi connectivity index (χ1) is 17.5. The van der Waals surface area contributed by atoms with Crippen LogP contribution >= 0.6 is 11.3 Å². The molecule has 2 aliphatic heterocycles. The fourth-order valence-electron chi connectivity index (χ4n) is 4.80. The molecule has 0 atom stereocenters. The molecule has 2 amide bonds. The van der Waals surface area contributed by atoms with Gasteiger partial charge in [0.15, 0.2) is 0 Å². The number of piperazine rings is 1. The fourth-order valence-corrected chi connectivity index (χ4v) is 6.04. The maximum atomic E-state index is 13.5. The van der Waals surface area contributed by atoms with Gasteiger partial charge in [0.25, 0.3) is 5.91 Å². The molecule has 37 heavy (non-hydrogen) atoms. The molecular weight excluding hydrogens is 490 g/mol. The Morgan fingerprint density at radius 2 is 1.62 bits per heavy atom. The van der Waals surface area contributed by atoms with Gasteiger partial charge >= 0.3 is 6.09 Å². The molecule has 2 aliphatic rings. The zero-order valence-electron chi connectivity index (χ0n) is 23.1. The molecule has 1 aromatic heterocycles. The van der Waals surface area contributed by atoms with Crippen molar-refractivity contribution in [1.82, 2.24) is 14.7 Å². The van der Waals surface area contributed by atoms with Crippen molar-refractivity contribution >= 4 is 23.3 Å². The maximum absolute atomic E-state index is 13.5. The zero-order chi connectivity index (χ0) is 26.9. The van der Waals surface area contributed by atoms with Gasteiger partial charge in [0, 0.05) is 55.1 Å². The van der Waals surface area contributed by atoms with Gasteiger partial charge in [-0.25, -0.2) is 4.79 Å². The molecule has 9 heteroatoms. The van der Waals surface area contributed by atoms with E-state index in [0.29, 0.717) is 37.5 Å². The van der Waals surface area contributed by atoms with E-state index < -0.39 is 5.60 Å². The Hall–Kier alpha value is -2.78. The first kappa shape index (κ1) is 27.3. The largest absolute Gasteiger partial charge is 0.496 e. The molecule has 8 nitrogen and oxygen atoms in total. The highest BCUT2D eigenvalue weighted by atomic mass is 32.1. The molecule has 0 N–H and O–H groups in total. The second kappa shape index (κ2) is 10.9. The van der Waals surface area contributed by atoms with Crippen molar-refractivity contribution in [3.05, 3.63) is 44.6 Å². The predicted octanol–water partition coefficient (Wildman–Crippen LogP) is 5.10. The summed E-state index contributed by atoms with van der Waals surface area (Å²) < 4.78 is 16.6. The summed E-state index contributed by atoms with van der Waals surface area (Å²) in [5, 5.41) is 0. The highest BCUT2D eigenvalue weighted by Crippen LogP contribution is 2.37. The van der Waals surface area contributed by atoms with E-state index in [4.69, 9.17) is 14.2 Å². The van der Waals surface area contributed by atoms with Gasteiger partial charge < -0.3 is 24.0 Å². The first-order valence-electron chi connectivity index (χ1n) is 12.8. The van der Waals surface area contributed by atoms with Crippen LogP contribution < -0.4 is 9.47 Å². The Bertz CT molecular complexity index is 1120. The topological polar surface area (TPSA) is 71.6 Å². The fraction of sp³-hybridized carbons (Fsp3) is 0.571. The molecule has 0 radical (unpaired) electrons. The minimum Gasteiger partial charge on any atom is -0.496 e. The van der Waals surface area contributed by atoms with Crippen LogP contribution in [0.25, 0.3) is 0 Å². The van der Waals surface area contributed by atoms with Crippen molar-refractivity contribution in [3.8, 4) is 11.5 Å². The smallest absolute Gasteiger partial charge is 0.410 e. The van der Waals surface area contributed by atoms with Gasteiger partial charge in [-0.15, -0.1) is 11.3 Å². The number of hydrogen-bond donors (Lipinski definition) is 0. The van der Waals surface area contributed by atoms with Crippen LogP contribution in [-0.4, -0.2) is 72.7 Å². The van der Waals surface area contributed by atoms with Crippen molar-refractivity contribution in [1.29, 1.82) is 0 Å². The Labute approximate surface area is 224 Å². The first-order valence-corrected chi connectivity index (χ1v) is 13.7. The van der Waals surface area contributed by atoms with E-state index in [9.17, 15) is 9.59 Å². The summed E-state index contributed by atoms with van der Waals surface area (Å²) in [6, 6.07) is 5.97. The number of thiophene rings is 1. The van der Waals surface area contributed by atoms with Crippen LogP contribution in [-0.2, 0) is 24.4 Å².